The fraction of sp³-hybridized carbons (Fsp3) is 0.0952. The number of nitrogens with zero attached hydrogens (tertiary/aromatic N) is 2. The summed E-state index contributed by atoms with van der Waals surface area (Å²) in [7, 11) is 0. The Hall–Kier alpha value is -2.89. The zero-order chi connectivity index (χ0) is 17.5. The number of fused-ring (bicyclic) bond motifs is 2. The van der Waals surface area contributed by atoms with Gasteiger partial charge in [0.2, 0.25) is 0 Å². The normalized spacial score (nSPS) is 11.6. The van der Waals surface area contributed by atoms with Gasteiger partial charge in [0.25, 0.3) is 0 Å². The smallest absolute Gasteiger partial charge is 0.126 e. The van der Waals surface area contributed by atoms with Gasteiger partial charge in [0.05, 0.1) is 5.69 Å². The molecule has 0 spiro atoms. The van der Waals surface area contributed by atoms with Crippen LogP contribution in [0.15, 0.2) is 66.3 Å². The van der Waals surface area contributed by atoms with Gasteiger partial charge in [0.1, 0.15) is 5.01 Å². The molecule has 0 fully saturated rings. The molecule has 0 aliphatic carbocycles. The lowest BCUT2D eigenvalue weighted by Gasteiger charge is -2.01. The average Bonchev–Trinajstić information content (AvgIpc) is 3.38. The summed E-state index contributed by atoms with van der Waals surface area (Å²) < 4.78 is 2.22. The predicted molar refractivity (Wildman–Crippen MR) is 109 cm³/mol. The van der Waals surface area contributed by atoms with Crippen LogP contribution in [0.25, 0.3) is 43.6 Å². The molecule has 0 radical (unpaired) electrons. The zero-order valence-electron chi connectivity index (χ0n) is 14.1. The predicted octanol–water partition coefficient (Wildman–Crippen LogP) is 4.87. The highest BCUT2D eigenvalue weighted by Crippen LogP contribution is 2.36. The van der Waals surface area contributed by atoms with E-state index in [1.807, 2.05) is 12.3 Å². The standard InChI is InChI=1S/C21H18N4S/c22-9-10-25-12-17(15-6-2-4-8-20(15)25)21-24-19(13-26-21)16-11-23-18-7-3-1-5-14(16)18/h1-8,11-13,23H,9-10,22H2. The van der Waals surface area contributed by atoms with Gasteiger partial charge in [-0.1, -0.05) is 36.4 Å². The number of benzene rings is 2. The van der Waals surface area contributed by atoms with E-state index in [1.54, 1.807) is 11.3 Å². The molecule has 3 heterocycles. The van der Waals surface area contributed by atoms with Gasteiger partial charge < -0.3 is 15.3 Å². The van der Waals surface area contributed by atoms with E-state index < -0.39 is 0 Å². The molecular weight excluding hydrogens is 340 g/mol. The number of hydrogen-bond donors (Lipinski definition) is 2. The molecule has 0 saturated carbocycles. The van der Waals surface area contributed by atoms with Gasteiger partial charge in [-0.3, -0.25) is 0 Å². The third kappa shape index (κ3) is 2.36. The molecule has 5 heteroatoms. The van der Waals surface area contributed by atoms with Gasteiger partial charge in [0, 0.05) is 63.8 Å². The van der Waals surface area contributed by atoms with E-state index in [4.69, 9.17) is 10.7 Å². The van der Waals surface area contributed by atoms with Crippen LogP contribution in [0.3, 0.4) is 0 Å². The first-order chi connectivity index (χ1) is 12.8. The van der Waals surface area contributed by atoms with Crippen LogP contribution in [0.2, 0.25) is 0 Å². The molecule has 0 atom stereocenters. The lowest BCUT2D eigenvalue weighted by Crippen LogP contribution is -2.08. The second-order valence-corrected chi connectivity index (χ2v) is 7.19. The molecule has 0 saturated heterocycles. The first-order valence-electron chi connectivity index (χ1n) is 8.65. The number of rotatable bonds is 4. The molecular formula is C21H18N4S. The highest BCUT2D eigenvalue weighted by molar-refractivity contribution is 7.13. The molecule has 3 aromatic heterocycles. The number of aromatic amines is 1. The maximum absolute atomic E-state index is 5.78. The third-order valence-corrected chi connectivity index (χ3v) is 5.63. The summed E-state index contributed by atoms with van der Waals surface area (Å²) in [6.07, 6.45) is 4.22. The quantitative estimate of drug-likeness (QED) is 0.481. The van der Waals surface area contributed by atoms with Gasteiger partial charge in [-0.25, -0.2) is 4.98 Å². The number of aromatic nitrogens is 3. The largest absolute Gasteiger partial charge is 0.360 e. The van der Waals surface area contributed by atoms with Crippen LogP contribution in [-0.4, -0.2) is 21.1 Å². The topological polar surface area (TPSA) is 59.6 Å². The van der Waals surface area contributed by atoms with Gasteiger partial charge >= 0.3 is 0 Å². The summed E-state index contributed by atoms with van der Waals surface area (Å²) in [5, 5.41) is 5.60. The SMILES string of the molecule is NCCn1cc(-c2nc(-c3c[nH]c4ccccc34)cs2)c2ccccc21. The molecule has 5 aromatic rings. The maximum atomic E-state index is 5.78. The number of hydrogen-bond acceptors (Lipinski definition) is 3. The Morgan fingerprint density at radius 3 is 2.69 bits per heavy atom. The highest BCUT2D eigenvalue weighted by atomic mass is 32.1. The van der Waals surface area contributed by atoms with Gasteiger partial charge in [-0.2, -0.15) is 0 Å². The second kappa shape index (κ2) is 6.12. The summed E-state index contributed by atoms with van der Waals surface area (Å²) in [6.45, 7) is 1.43. The average molecular weight is 358 g/mol. The van der Waals surface area contributed by atoms with Crippen LogP contribution >= 0.6 is 11.3 Å². The Bertz CT molecular complexity index is 1210. The van der Waals surface area contributed by atoms with Crippen LogP contribution in [0.5, 0.6) is 0 Å². The third-order valence-electron chi connectivity index (χ3n) is 4.76. The molecule has 5 rings (SSSR count). The van der Waals surface area contributed by atoms with E-state index in [1.165, 1.54) is 21.9 Å². The Morgan fingerprint density at radius 2 is 1.81 bits per heavy atom. The van der Waals surface area contributed by atoms with Crippen molar-refractivity contribution in [1.82, 2.24) is 14.5 Å². The summed E-state index contributed by atoms with van der Waals surface area (Å²) in [4.78, 5) is 8.28. The van der Waals surface area contributed by atoms with Crippen LogP contribution < -0.4 is 5.73 Å². The van der Waals surface area contributed by atoms with E-state index in [9.17, 15) is 0 Å². The van der Waals surface area contributed by atoms with E-state index in [0.717, 1.165) is 28.3 Å². The van der Waals surface area contributed by atoms with E-state index in [2.05, 4.69) is 63.6 Å². The Kier molecular flexibility index (Phi) is 3.62. The molecule has 3 N–H and O–H groups in total. The summed E-state index contributed by atoms with van der Waals surface area (Å²) in [5.74, 6) is 0. The number of H-pyrrole nitrogens is 1. The minimum absolute atomic E-state index is 0.622. The van der Waals surface area contributed by atoms with Crippen LogP contribution in [0, 0.1) is 0 Å². The molecule has 0 bridgehead atoms. The monoisotopic (exact) mass is 358 g/mol. The van der Waals surface area contributed by atoms with Crippen molar-refractivity contribution in [1.29, 1.82) is 0 Å². The number of thiazole rings is 1. The molecule has 0 unspecified atom stereocenters. The first kappa shape index (κ1) is 15.4. The van der Waals surface area contributed by atoms with Crippen molar-refractivity contribution in [3.8, 4) is 21.8 Å². The minimum Gasteiger partial charge on any atom is -0.360 e. The molecule has 0 amide bonds. The van der Waals surface area contributed by atoms with Crippen molar-refractivity contribution >= 4 is 33.1 Å². The molecule has 0 aliphatic heterocycles. The van der Waals surface area contributed by atoms with Crippen LogP contribution in [-0.2, 0) is 6.54 Å². The maximum Gasteiger partial charge on any atom is 0.126 e. The lowest BCUT2D eigenvalue weighted by atomic mass is 10.1. The molecule has 128 valence electrons. The minimum atomic E-state index is 0.622. The van der Waals surface area contributed by atoms with Crippen molar-refractivity contribution < 1.29 is 0 Å². The fourth-order valence-electron chi connectivity index (χ4n) is 3.55. The Labute approximate surface area is 154 Å². The molecule has 4 nitrogen and oxygen atoms in total. The van der Waals surface area contributed by atoms with Crippen LogP contribution in [0.4, 0.5) is 0 Å². The van der Waals surface area contributed by atoms with Crippen molar-refractivity contribution in [3.05, 3.63) is 66.3 Å². The fourth-order valence-corrected chi connectivity index (χ4v) is 4.39. The van der Waals surface area contributed by atoms with Crippen molar-refractivity contribution in [3.63, 3.8) is 0 Å². The number of nitrogens with one attached hydrogen (secondary N) is 1. The van der Waals surface area contributed by atoms with Gasteiger partial charge in [0.15, 0.2) is 0 Å². The molecule has 26 heavy (non-hydrogen) atoms. The molecule has 2 aromatic carbocycles. The highest BCUT2D eigenvalue weighted by Gasteiger charge is 2.15. The van der Waals surface area contributed by atoms with Gasteiger partial charge in [-0.15, -0.1) is 11.3 Å². The van der Waals surface area contributed by atoms with Crippen LogP contribution in [0.1, 0.15) is 0 Å². The van der Waals surface area contributed by atoms with Crippen molar-refractivity contribution in [2.75, 3.05) is 6.54 Å². The Morgan fingerprint density at radius 1 is 1.00 bits per heavy atom. The lowest BCUT2D eigenvalue weighted by molar-refractivity contribution is 0.736. The first-order valence-corrected chi connectivity index (χ1v) is 9.53. The summed E-state index contributed by atoms with van der Waals surface area (Å²) >= 11 is 1.69. The van der Waals surface area contributed by atoms with Crippen molar-refractivity contribution in [2.24, 2.45) is 5.73 Å². The zero-order valence-corrected chi connectivity index (χ0v) is 15.0. The number of nitrogens with two attached hydrogens (primary N) is 1. The Balaban J connectivity index is 1.64. The van der Waals surface area contributed by atoms with E-state index >= 15 is 0 Å². The molecule has 0 aliphatic rings. The van der Waals surface area contributed by atoms with Gasteiger partial charge in [-0.05, 0) is 12.1 Å². The van der Waals surface area contributed by atoms with E-state index in [0.29, 0.717) is 6.54 Å². The summed E-state index contributed by atoms with van der Waals surface area (Å²) in [6, 6.07) is 16.8. The summed E-state index contributed by atoms with van der Waals surface area (Å²) in [5.41, 5.74) is 11.5. The van der Waals surface area contributed by atoms with E-state index in [-0.39, 0.29) is 0 Å². The van der Waals surface area contributed by atoms with Crippen molar-refractivity contribution in [2.45, 2.75) is 6.54 Å². The second-order valence-electron chi connectivity index (χ2n) is 6.33. The number of para-hydroxylation sites is 2.